The van der Waals surface area contributed by atoms with Crippen molar-refractivity contribution in [3.8, 4) is 6.07 Å². The zero-order chi connectivity index (χ0) is 25.2. The van der Waals surface area contributed by atoms with Gasteiger partial charge in [0.25, 0.3) is 0 Å². The van der Waals surface area contributed by atoms with Gasteiger partial charge >= 0.3 is 0 Å². The number of halogens is 3. The minimum Gasteiger partial charge on any atom is -0.371 e. The maximum absolute atomic E-state index is 13.7. The molecule has 1 atom stereocenters. The highest BCUT2D eigenvalue weighted by Gasteiger charge is 2.21. The number of aryl methyl sites for hydroxylation is 1. The number of rotatable bonds is 6. The van der Waals surface area contributed by atoms with Crippen molar-refractivity contribution < 1.29 is 4.39 Å². The fourth-order valence-electron chi connectivity index (χ4n) is 3.79. The van der Waals surface area contributed by atoms with E-state index in [1.54, 1.807) is 30.2 Å². The highest BCUT2D eigenvalue weighted by molar-refractivity contribution is 6.36. The molecule has 178 valence electrons. The summed E-state index contributed by atoms with van der Waals surface area (Å²) in [6, 6.07) is 15.1. The first-order chi connectivity index (χ1) is 17.4. The molecular weight excluding hydrogens is 502 g/mol. The molecule has 3 heterocycles. The van der Waals surface area contributed by atoms with Crippen molar-refractivity contribution in [3.63, 3.8) is 0 Å². The van der Waals surface area contributed by atoms with E-state index in [0.29, 0.717) is 38.7 Å². The van der Waals surface area contributed by atoms with Crippen LogP contribution in [0, 0.1) is 17.1 Å². The molecule has 0 aliphatic rings. The summed E-state index contributed by atoms with van der Waals surface area (Å²) < 4.78 is 15.3. The quantitative estimate of drug-likeness (QED) is 0.283. The molecule has 3 aromatic heterocycles. The van der Waals surface area contributed by atoms with Crippen LogP contribution in [0.1, 0.15) is 23.0 Å². The van der Waals surface area contributed by atoms with Gasteiger partial charge in [0.2, 0.25) is 0 Å². The van der Waals surface area contributed by atoms with Gasteiger partial charge in [-0.25, -0.2) is 4.39 Å². The van der Waals surface area contributed by atoms with Crippen LogP contribution < -0.4 is 10.6 Å². The van der Waals surface area contributed by atoms with Crippen molar-refractivity contribution in [2.24, 2.45) is 7.05 Å². The first-order valence-corrected chi connectivity index (χ1v) is 11.5. The summed E-state index contributed by atoms with van der Waals surface area (Å²) in [4.78, 5) is 8.86. The van der Waals surface area contributed by atoms with Crippen molar-refractivity contribution >= 4 is 51.2 Å². The largest absolute Gasteiger partial charge is 0.371 e. The molecule has 36 heavy (non-hydrogen) atoms. The lowest BCUT2D eigenvalue weighted by Gasteiger charge is -2.19. The maximum Gasteiger partial charge on any atom is 0.141 e. The highest BCUT2D eigenvalue weighted by atomic mass is 35.5. The molecule has 2 N–H and O–H groups in total. The molecule has 0 bridgehead atoms. The van der Waals surface area contributed by atoms with Crippen LogP contribution in [0.5, 0.6) is 0 Å². The van der Waals surface area contributed by atoms with Crippen molar-refractivity contribution in [2.45, 2.75) is 6.04 Å². The molecule has 0 aliphatic heterocycles. The Hall–Kier alpha value is -4.26. The third-order valence-corrected chi connectivity index (χ3v) is 6.02. The number of nitriles is 1. The Labute approximate surface area is 215 Å². The van der Waals surface area contributed by atoms with E-state index in [2.05, 4.69) is 37.0 Å². The lowest BCUT2D eigenvalue weighted by Crippen LogP contribution is -2.14. The molecular formula is C25H17Cl2FN8. The highest BCUT2D eigenvalue weighted by Crippen LogP contribution is 2.36. The molecule has 11 heteroatoms. The van der Waals surface area contributed by atoms with E-state index >= 15 is 0 Å². The Morgan fingerprint density at radius 2 is 1.86 bits per heavy atom. The average Bonchev–Trinajstić information content (AvgIpc) is 3.31. The standard InChI is InChI=1S/C25H17Cl2FN8/c1-36-13-22(34-35-36)25(21-4-2-3-7-30-21)33-16-8-17-23(32-15-5-6-20(28)18(26)9-15)14(11-29)12-31-24(17)19(27)10-16/h2-10,12-13,25,33H,1H3,(H,31,32). The fourth-order valence-corrected chi connectivity index (χ4v) is 4.24. The van der Waals surface area contributed by atoms with Gasteiger partial charge in [0, 0.05) is 36.2 Å². The Morgan fingerprint density at radius 1 is 1.03 bits per heavy atom. The molecule has 0 aliphatic carbocycles. The number of hydrogen-bond donors (Lipinski definition) is 2. The molecule has 5 rings (SSSR count). The van der Waals surface area contributed by atoms with Crippen LogP contribution in [-0.2, 0) is 7.05 Å². The van der Waals surface area contributed by atoms with Crippen LogP contribution in [0.15, 0.2) is 67.1 Å². The van der Waals surface area contributed by atoms with Crippen molar-refractivity contribution in [1.82, 2.24) is 25.0 Å². The second-order valence-electron chi connectivity index (χ2n) is 7.92. The Balaban J connectivity index is 1.62. The Kier molecular flexibility index (Phi) is 6.38. The summed E-state index contributed by atoms with van der Waals surface area (Å²) in [5, 5.41) is 25.6. The van der Waals surface area contributed by atoms with E-state index in [9.17, 15) is 9.65 Å². The van der Waals surface area contributed by atoms with Gasteiger partial charge in [-0.05, 0) is 42.5 Å². The summed E-state index contributed by atoms with van der Waals surface area (Å²) in [7, 11) is 1.79. The Bertz CT molecular complexity index is 1610. The molecule has 0 amide bonds. The van der Waals surface area contributed by atoms with E-state index in [1.807, 2.05) is 24.3 Å². The first kappa shape index (κ1) is 23.5. The number of anilines is 3. The first-order valence-electron chi connectivity index (χ1n) is 10.7. The normalized spacial score (nSPS) is 11.8. The summed E-state index contributed by atoms with van der Waals surface area (Å²) in [5.74, 6) is -0.540. The number of nitrogens with zero attached hydrogens (tertiary/aromatic N) is 6. The molecule has 1 unspecified atom stereocenters. The monoisotopic (exact) mass is 518 g/mol. The fraction of sp³-hybridized carbons (Fsp3) is 0.0800. The third-order valence-electron chi connectivity index (χ3n) is 5.44. The van der Waals surface area contributed by atoms with Crippen LogP contribution in [-0.4, -0.2) is 25.0 Å². The smallest absolute Gasteiger partial charge is 0.141 e. The van der Waals surface area contributed by atoms with Crippen LogP contribution in [0.4, 0.5) is 21.5 Å². The van der Waals surface area contributed by atoms with Gasteiger partial charge in [0.05, 0.1) is 38.7 Å². The second-order valence-corrected chi connectivity index (χ2v) is 8.73. The molecule has 2 aromatic carbocycles. The van der Waals surface area contributed by atoms with E-state index in [0.717, 1.165) is 5.69 Å². The van der Waals surface area contributed by atoms with Gasteiger partial charge in [0.1, 0.15) is 23.6 Å². The zero-order valence-electron chi connectivity index (χ0n) is 18.7. The predicted octanol–water partition coefficient (Wildman–Crippen LogP) is 6.02. The number of pyridine rings is 2. The number of aromatic nitrogens is 5. The zero-order valence-corrected chi connectivity index (χ0v) is 20.3. The topological polar surface area (TPSA) is 104 Å². The molecule has 0 saturated carbocycles. The minimum atomic E-state index is -0.540. The van der Waals surface area contributed by atoms with Crippen LogP contribution in [0.2, 0.25) is 10.0 Å². The molecule has 5 aromatic rings. The van der Waals surface area contributed by atoms with E-state index in [-0.39, 0.29) is 10.6 Å². The summed E-state index contributed by atoms with van der Waals surface area (Å²) in [6.07, 6.45) is 4.94. The van der Waals surface area contributed by atoms with Crippen LogP contribution >= 0.6 is 23.2 Å². The number of fused-ring (bicyclic) bond motifs is 1. The van der Waals surface area contributed by atoms with E-state index in [1.165, 1.54) is 24.4 Å². The summed E-state index contributed by atoms with van der Waals surface area (Å²) in [6.45, 7) is 0. The van der Waals surface area contributed by atoms with Gasteiger partial charge in [-0.1, -0.05) is 34.5 Å². The summed E-state index contributed by atoms with van der Waals surface area (Å²) >= 11 is 12.6. The van der Waals surface area contributed by atoms with Crippen molar-refractivity contribution in [2.75, 3.05) is 10.6 Å². The number of nitrogens with one attached hydrogen (secondary N) is 2. The van der Waals surface area contributed by atoms with Gasteiger partial charge in [-0.15, -0.1) is 5.10 Å². The van der Waals surface area contributed by atoms with Crippen LogP contribution in [0.25, 0.3) is 10.9 Å². The van der Waals surface area contributed by atoms with Crippen molar-refractivity contribution in [1.29, 1.82) is 5.26 Å². The van der Waals surface area contributed by atoms with Crippen molar-refractivity contribution in [3.05, 3.63) is 99.9 Å². The van der Waals surface area contributed by atoms with E-state index < -0.39 is 11.9 Å². The van der Waals surface area contributed by atoms with Gasteiger partial charge in [-0.2, -0.15) is 5.26 Å². The molecule has 0 saturated heterocycles. The molecule has 0 spiro atoms. The number of benzene rings is 2. The second kappa shape index (κ2) is 9.77. The maximum atomic E-state index is 13.7. The number of hydrogen-bond acceptors (Lipinski definition) is 7. The lowest BCUT2D eigenvalue weighted by atomic mass is 10.1. The average molecular weight is 519 g/mol. The Morgan fingerprint density at radius 3 is 2.56 bits per heavy atom. The van der Waals surface area contributed by atoms with Gasteiger partial charge < -0.3 is 10.6 Å². The third kappa shape index (κ3) is 4.64. The molecule has 0 radical (unpaired) electrons. The van der Waals surface area contributed by atoms with E-state index in [4.69, 9.17) is 23.2 Å². The minimum absolute atomic E-state index is 0.0422. The van der Waals surface area contributed by atoms with Crippen LogP contribution in [0.3, 0.4) is 0 Å². The predicted molar refractivity (Wildman–Crippen MR) is 137 cm³/mol. The summed E-state index contributed by atoms with van der Waals surface area (Å²) in [5.41, 5.74) is 3.78. The molecule has 0 fully saturated rings. The van der Waals surface area contributed by atoms with Gasteiger partial charge in [-0.3, -0.25) is 14.6 Å². The molecule has 8 nitrogen and oxygen atoms in total. The van der Waals surface area contributed by atoms with Gasteiger partial charge in [0.15, 0.2) is 0 Å². The SMILES string of the molecule is Cn1cc(C(Nc2cc(Cl)c3ncc(C#N)c(Nc4ccc(F)c(Cl)c4)c3c2)c2ccccn2)nn1. The lowest BCUT2D eigenvalue weighted by molar-refractivity contribution is 0.628.